The van der Waals surface area contributed by atoms with Crippen LogP contribution in [0.5, 0.6) is 0 Å². The number of hydrogen-bond acceptors (Lipinski definition) is 5. The molecule has 0 bridgehead atoms. The summed E-state index contributed by atoms with van der Waals surface area (Å²) in [5.74, 6) is 2.08. The van der Waals surface area contributed by atoms with E-state index in [1.165, 1.54) is 11.1 Å². The fourth-order valence-corrected chi connectivity index (χ4v) is 1.87. The van der Waals surface area contributed by atoms with Crippen molar-refractivity contribution in [3.8, 4) is 6.07 Å². The largest absolute Gasteiger partial charge is 0.366 e. The van der Waals surface area contributed by atoms with Gasteiger partial charge in [0.25, 0.3) is 0 Å². The van der Waals surface area contributed by atoms with Gasteiger partial charge in [-0.15, -0.1) is 0 Å². The third kappa shape index (κ3) is 3.69. The standard InChI is InChI=1S/C15H17N5/c1-11-5-3-4-6-13(11)10-18-15-9-14(17-8-7-16)19-12(2)20-15/h3-6,9H,8,10H2,1-2H3,(H2,17,18,19,20). The summed E-state index contributed by atoms with van der Waals surface area (Å²) in [6.07, 6.45) is 0. The van der Waals surface area contributed by atoms with Crippen LogP contribution in [-0.4, -0.2) is 16.5 Å². The lowest BCUT2D eigenvalue weighted by Gasteiger charge is -2.10. The van der Waals surface area contributed by atoms with Crippen molar-refractivity contribution in [2.75, 3.05) is 17.2 Å². The number of hydrogen-bond donors (Lipinski definition) is 2. The summed E-state index contributed by atoms with van der Waals surface area (Å²) in [5, 5.41) is 14.8. The predicted octanol–water partition coefficient (Wildman–Crippen LogP) is 2.64. The Morgan fingerprint density at radius 2 is 1.80 bits per heavy atom. The number of aromatic nitrogens is 2. The molecule has 0 saturated heterocycles. The Balaban J connectivity index is 2.08. The Morgan fingerprint density at radius 3 is 2.50 bits per heavy atom. The van der Waals surface area contributed by atoms with Crippen LogP contribution in [0.3, 0.4) is 0 Å². The molecule has 0 aliphatic heterocycles. The molecule has 0 fully saturated rings. The van der Waals surface area contributed by atoms with E-state index in [1.54, 1.807) is 0 Å². The van der Waals surface area contributed by atoms with E-state index in [4.69, 9.17) is 5.26 Å². The van der Waals surface area contributed by atoms with Crippen molar-refractivity contribution in [2.24, 2.45) is 0 Å². The monoisotopic (exact) mass is 267 g/mol. The Morgan fingerprint density at radius 1 is 1.10 bits per heavy atom. The van der Waals surface area contributed by atoms with Crippen LogP contribution < -0.4 is 10.6 Å². The zero-order valence-corrected chi connectivity index (χ0v) is 11.6. The third-order valence-electron chi connectivity index (χ3n) is 2.91. The van der Waals surface area contributed by atoms with E-state index < -0.39 is 0 Å². The second-order valence-electron chi connectivity index (χ2n) is 4.48. The van der Waals surface area contributed by atoms with Crippen molar-refractivity contribution in [3.05, 3.63) is 47.3 Å². The van der Waals surface area contributed by atoms with Crippen molar-refractivity contribution in [1.82, 2.24) is 9.97 Å². The fourth-order valence-electron chi connectivity index (χ4n) is 1.87. The minimum Gasteiger partial charge on any atom is -0.366 e. The van der Waals surface area contributed by atoms with Crippen LogP contribution in [0.4, 0.5) is 11.6 Å². The lowest BCUT2D eigenvalue weighted by atomic mass is 10.1. The molecule has 0 radical (unpaired) electrons. The molecular weight excluding hydrogens is 250 g/mol. The summed E-state index contributed by atoms with van der Waals surface area (Å²) in [5.41, 5.74) is 2.48. The molecule has 5 heteroatoms. The quantitative estimate of drug-likeness (QED) is 0.815. The second kappa shape index (κ2) is 6.53. The van der Waals surface area contributed by atoms with Crippen LogP contribution in [0, 0.1) is 25.2 Å². The lowest BCUT2D eigenvalue weighted by Crippen LogP contribution is -2.07. The molecular formula is C15H17N5. The maximum atomic E-state index is 8.58. The van der Waals surface area contributed by atoms with Gasteiger partial charge < -0.3 is 10.6 Å². The van der Waals surface area contributed by atoms with Gasteiger partial charge in [0, 0.05) is 12.6 Å². The molecule has 20 heavy (non-hydrogen) atoms. The van der Waals surface area contributed by atoms with Crippen molar-refractivity contribution >= 4 is 11.6 Å². The molecule has 1 aromatic carbocycles. The molecule has 0 aliphatic carbocycles. The van der Waals surface area contributed by atoms with Crippen LogP contribution in [0.25, 0.3) is 0 Å². The molecule has 5 nitrogen and oxygen atoms in total. The van der Waals surface area contributed by atoms with Crippen LogP contribution in [0.1, 0.15) is 17.0 Å². The highest BCUT2D eigenvalue weighted by molar-refractivity contribution is 5.48. The predicted molar refractivity (Wildman–Crippen MR) is 79.4 cm³/mol. The summed E-state index contributed by atoms with van der Waals surface area (Å²) in [4.78, 5) is 8.57. The number of benzene rings is 1. The van der Waals surface area contributed by atoms with Gasteiger partial charge in [0.1, 0.15) is 24.0 Å². The number of aryl methyl sites for hydroxylation is 2. The lowest BCUT2D eigenvalue weighted by molar-refractivity contribution is 1.01. The van der Waals surface area contributed by atoms with Gasteiger partial charge in [0.15, 0.2) is 0 Å². The van der Waals surface area contributed by atoms with Gasteiger partial charge in [-0.25, -0.2) is 9.97 Å². The van der Waals surface area contributed by atoms with Gasteiger partial charge in [-0.3, -0.25) is 0 Å². The Kier molecular flexibility index (Phi) is 4.51. The Bertz CT molecular complexity index is 630. The Hall–Kier alpha value is -2.61. The van der Waals surface area contributed by atoms with Crippen molar-refractivity contribution in [1.29, 1.82) is 5.26 Å². The fraction of sp³-hybridized carbons (Fsp3) is 0.267. The highest BCUT2D eigenvalue weighted by atomic mass is 15.1. The van der Waals surface area contributed by atoms with Gasteiger partial charge in [-0.2, -0.15) is 5.26 Å². The number of rotatable bonds is 5. The number of nitrogens with zero attached hydrogens (tertiary/aromatic N) is 3. The summed E-state index contributed by atoms with van der Waals surface area (Å²) in [6, 6.07) is 12.1. The number of anilines is 2. The van der Waals surface area contributed by atoms with Crippen LogP contribution in [0.15, 0.2) is 30.3 Å². The first kappa shape index (κ1) is 13.8. The average Bonchev–Trinajstić information content (AvgIpc) is 2.44. The van der Waals surface area contributed by atoms with E-state index in [2.05, 4.69) is 39.7 Å². The minimum atomic E-state index is 0.230. The van der Waals surface area contributed by atoms with Gasteiger partial charge in [0.05, 0.1) is 6.07 Å². The summed E-state index contributed by atoms with van der Waals surface area (Å²) < 4.78 is 0. The van der Waals surface area contributed by atoms with Crippen LogP contribution in [0.2, 0.25) is 0 Å². The number of nitriles is 1. The molecule has 2 aromatic rings. The number of nitrogens with one attached hydrogen (secondary N) is 2. The Labute approximate surface area is 118 Å². The average molecular weight is 267 g/mol. The molecule has 1 aromatic heterocycles. The summed E-state index contributed by atoms with van der Waals surface area (Å²) in [7, 11) is 0. The molecule has 0 saturated carbocycles. The minimum absolute atomic E-state index is 0.230. The molecule has 0 spiro atoms. The van der Waals surface area contributed by atoms with E-state index >= 15 is 0 Å². The molecule has 0 unspecified atom stereocenters. The van der Waals surface area contributed by atoms with Gasteiger partial charge in [0.2, 0.25) is 0 Å². The van der Waals surface area contributed by atoms with Crippen LogP contribution in [-0.2, 0) is 6.54 Å². The first-order valence-electron chi connectivity index (χ1n) is 6.44. The maximum absolute atomic E-state index is 8.58. The van der Waals surface area contributed by atoms with E-state index in [0.29, 0.717) is 18.2 Å². The SMILES string of the molecule is Cc1nc(NCC#N)cc(NCc2ccccc2C)n1. The van der Waals surface area contributed by atoms with E-state index in [9.17, 15) is 0 Å². The van der Waals surface area contributed by atoms with Crippen molar-refractivity contribution in [3.63, 3.8) is 0 Å². The highest BCUT2D eigenvalue weighted by Gasteiger charge is 2.02. The van der Waals surface area contributed by atoms with E-state index in [1.807, 2.05) is 31.2 Å². The summed E-state index contributed by atoms with van der Waals surface area (Å²) in [6.45, 7) is 4.85. The van der Waals surface area contributed by atoms with Gasteiger partial charge >= 0.3 is 0 Å². The smallest absolute Gasteiger partial charge is 0.132 e. The molecule has 2 rings (SSSR count). The van der Waals surface area contributed by atoms with Crippen LogP contribution >= 0.6 is 0 Å². The third-order valence-corrected chi connectivity index (χ3v) is 2.91. The zero-order valence-electron chi connectivity index (χ0n) is 11.6. The van der Waals surface area contributed by atoms with Crippen molar-refractivity contribution in [2.45, 2.75) is 20.4 Å². The first-order chi connectivity index (χ1) is 9.69. The normalized spacial score (nSPS) is 9.85. The van der Waals surface area contributed by atoms with Crippen molar-refractivity contribution < 1.29 is 0 Å². The zero-order chi connectivity index (χ0) is 14.4. The van der Waals surface area contributed by atoms with E-state index in [0.717, 1.165) is 5.82 Å². The van der Waals surface area contributed by atoms with Gasteiger partial charge in [-0.05, 0) is 25.0 Å². The second-order valence-corrected chi connectivity index (χ2v) is 4.48. The molecule has 0 amide bonds. The summed E-state index contributed by atoms with van der Waals surface area (Å²) >= 11 is 0. The van der Waals surface area contributed by atoms with Gasteiger partial charge in [-0.1, -0.05) is 24.3 Å². The molecule has 1 heterocycles. The molecule has 0 aliphatic rings. The topological polar surface area (TPSA) is 73.6 Å². The first-order valence-corrected chi connectivity index (χ1v) is 6.44. The van der Waals surface area contributed by atoms with E-state index in [-0.39, 0.29) is 6.54 Å². The molecule has 102 valence electrons. The highest BCUT2D eigenvalue weighted by Crippen LogP contribution is 2.13. The molecule has 2 N–H and O–H groups in total. The maximum Gasteiger partial charge on any atom is 0.132 e. The molecule has 0 atom stereocenters.